The van der Waals surface area contributed by atoms with E-state index in [-0.39, 0.29) is 16.0 Å². The largest absolute Gasteiger partial charge is 0.421 e. The fourth-order valence-electron chi connectivity index (χ4n) is 3.54. The van der Waals surface area contributed by atoms with Crippen LogP contribution in [0.15, 0.2) is 93.0 Å². The molecule has 0 saturated heterocycles. The maximum atomic E-state index is 13.2. The molecule has 1 heterocycles. The van der Waals surface area contributed by atoms with Crippen LogP contribution in [0.3, 0.4) is 0 Å². The average Bonchev–Trinajstić information content (AvgIpc) is 2.79. The van der Waals surface area contributed by atoms with Gasteiger partial charge in [-0.15, -0.1) is 0 Å². The monoisotopic (exact) mass is 462 g/mol. The van der Waals surface area contributed by atoms with Crippen molar-refractivity contribution in [3.05, 3.63) is 100 Å². The molecule has 0 bridgehead atoms. The van der Waals surface area contributed by atoms with Gasteiger partial charge in [0.1, 0.15) is 5.58 Å². The van der Waals surface area contributed by atoms with E-state index in [0.29, 0.717) is 23.2 Å². The van der Waals surface area contributed by atoms with Crippen molar-refractivity contribution in [1.29, 1.82) is 0 Å². The van der Waals surface area contributed by atoms with E-state index in [1.807, 2.05) is 30.3 Å². The maximum Gasteiger partial charge on any atom is 0.363 e. The molecule has 0 saturated carbocycles. The first-order valence-corrected chi connectivity index (χ1v) is 12.1. The normalized spacial score (nSPS) is 12.0. The number of nitrogens with one attached hydrogen (secondary N) is 2. The second-order valence-corrected chi connectivity index (χ2v) is 10.5. The molecule has 7 heteroatoms. The van der Waals surface area contributed by atoms with Gasteiger partial charge in [-0.1, -0.05) is 75.4 Å². The zero-order valence-electron chi connectivity index (χ0n) is 18.8. The minimum Gasteiger partial charge on any atom is -0.421 e. The van der Waals surface area contributed by atoms with Gasteiger partial charge in [-0.3, -0.25) is 4.72 Å². The summed E-state index contributed by atoms with van der Waals surface area (Å²) in [6.07, 6.45) is 0. The highest BCUT2D eigenvalue weighted by atomic mass is 32.2. The summed E-state index contributed by atoms with van der Waals surface area (Å²) in [6.45, 7) is 6.57. The Hall–Kier alpha value is -3.58. The summed E-state index contributed by atoms with van der Waals surface area (Å²) >= 11 is 0. The van der Waals surface area contributed by atoms with Crippen molar-refractivity contribution in [2.75, 3.05) is 10.0 Å². The quantitative estimate of drug-likeness (QED) is 0.369. The molecule has 0 aliphatic rings. The SMILES string of the molecule is CC(C)(C)c1ccc(S(=O)(=O)Nc2c(NCc3ccccc3)c3ccccc3oc2=O)cc1. The van der Waals surface area contributed by atoms with Crippen LogP contribution < -0.4 is 15.7 Å². The van der Waals surface area contributed by atoms with Gasteiger partial charge < -0.3 is 9.73 Å². The number of hydrogen-bond donors (Lipinski definition) is 2. The summed E-state index contributed by atoms with van der Waals surface area (Å²) < 4.78 is 34.2. The Morgan fingerprint density at radius 3 is 2.12 bits per heavy atom. The molecule has 2 N–H and O–H groups in total. The Balaban J connectivity index is 1.75. The van der Waals surface area contributed by atoms with Gasteiger partial charge >= 0.3 is 5.63 Å². The maximum absolute atomic E-state index is 13.2. The molecule has 0 aliphatic heterocycles. The van der Waals surface area contributed by atoms with Crippen molar-refractivity contribution < 1.29 is 12.8 Å². The molecular weight excluding hydrogens is 436 g/mol. The fraction of sp³-hybridized carbons (Fsp3) is 0.192. The number of benzene rings is 3. The third-order valence-corrected chi connectivity index (χ3v) is 6.76. The summed E-state index contributed by atoms with van der Waals surface area (Å²) in [6, 6.07) is 23.3. The third kappa shape index (κ3) is 4.93. The smallest absolute Gasteiger partial charge is 0.363 e. The van der Waals surface area contributed by atoms with Crippen LogP contribution in [0.4, 0.5) is 11.4 Å². The number of anilines is 2. The van der Waals surface area contributed by atoms with E-state index in [2.05, 4.69) is 30.8 Å². The van der Waals surface area contributed by atoms with Crippen molar-refractivity contribution >= 4 is 32.4 Å². The topological polar surface area (TPSA) is 88.4 Å². The lowest BCUT2D eigenvalue weighted by Gasteiger charge is -2.19. The van der Waals surface area contributed by atoms with Crippen molar-refractivity contribution in [3.8, 4) is 0 Å². The minimum atomic E-state index is -4.02. The molecule has 4 rings (SSSR count). The van der Waals surface area contributed by atoms with Crippen LogP contribution in [0.2, 0.25) is 0 Å². The fourth-order valence-corrected chi connectivity index (χ4v) is 4.61. The summed E-state index contributed by atoms with van der Waals surface area (Å²) in [5.41, 5.74) is 1.72. The molecule has 0 fully saturated rings. The first-order chi connectivity index (χ1) is 15.6. The zero-order valence-corrected chi connectivity index (χ0v) is 19.6. The lowest BCUT2D eigenvalue weighted by Crippen LogP contribution is -2.21. The van der Waals surface area contributed by atoms with Gasteiger partial charge in [0.25, 0.3) is 10.0 Å². The molecule has 0 aliphatic carbocycles. The van der Waals surface area contributed by atoms with E-state index in [4.69, 9.17) is 4.42 Å². The second-order valence-electron chi connectivity index (χ2n) is 8.85. The van der Waals surface area contributed by atoms with E-state index >= 15 is 0 Å². The molecule has 0 atom stereocenters. The van der Waals surface area contributed by atoms with Crippen LogP contribution in [0.5, 0.6) is 0 Å². The Morgan fingerprint density at radius 2 is 1.45 bits per heavy atom. The first-order valence-electron chi connectivity index (χ1n) is 10.6. The van der Waals surface area contributed by atoms with Gasteiger partial charge in [-0.2, -0.15) is 0 Å². The van der Waals surface area contributed by atoms with Crippen LogP contribution >= 0.6 is 0 Å². The molecule has 0 amide bonds. The third-order valence-electron chi connectivity index (χ3n) is 5.39. The highest BCUT2D eigenvalue weighted by Gasteiger charge is 2.23. The van der Waals surface area contributed by atoms with Gasteiger partial charge in [0.05, 0.1) is 10.6 Å². The summed E-state index contributed by atoms with van der Waals surface area (Å²) in [7, 11) is -4.02. The van der Waals surface area contributed by atoms with Crippen LogP contribution in [0, 0.1) is 0 Å². The minimum absolute atomic E-state index is 0.0667. The lowest BCUT2D eigenvalue weighted by molar-refractivity contribution is 0.563. The van der Waals surface area contributed by atoms with Gasteiger partial charge in [-0.25, -0.2) is 13.2 Å². The summed E-state index contributed by atoms with van der Waals surface area (Å²) in [5, 5.41) is 3.83. The van der Waals surface area contributed by atoms with E-state index < -0.39 is 15.6 Å². The summed E-state index contributed by atoms with van der Waals surface area (Å²) in [4.78, 5) is 12.9. The predicted molar refractivity (Wildman–Crippen MR) is 132 cm³/mol. The van der Waals surface area contributed by atoms with Crippen molar-refractivity contribution in [1.82, 2.24) is 0 Å². The Bertz CT molecular complexity index is 1440. The number of rotatable bonds is 6. The molecular formula is C26H26N2O4S. The van der Waals surface area contributed by atoms with Crippen LogP contribution in [0.1, 0.15) is 31.9 Å². The average molecular weight is 463 g/mol. The number of para-hydroxylation sites is 1. The van der Waals surface area contributed by atoms with E-state index in [0.717, 1.165) is 11.1 Å². The van der Waals surface area contributed by atoms with Crippen LogP contribution in [0.25, 0.3) is 11.0 Å². The Labute approximate surface area is 193 Å². The van der Waals surface area contributed by atoms with Crippen molar-refractivity contribution in [2.45, 2.75) is 37.6 Å². The predicted octanol–water partition coefficient (Wildman–Crippen LogP) is 5.50. The molecule has 1 aromatic heterocycles. The standard InChI is InChI=1S/C26H26N2O4S/c1-26(2,3)19-13-15-20(16-14-19)33(30,31)28-24-23(27-17-18-9-5-4-6-10-18)21-11-7-8-12-22(21)32-25(24)29/h4-16,27-28H,17H2,1-3H3. The zero-order chi connectivity index (χ0) is 23.6. The molecule has 3 aromatic carbocycles. The second kappa shape index (κ2) is 8.75. The van der Waals surface area contributed by atoms with Crippen LogP contribution in [-0.4, -0.2) is 8.42 Å². The van der Waals surface area contributed by atoms with Gasteiger partial charge in [0.15, 0.2) is 5.69 Å². The molecule has 0 spiro atoms. The van der Waals surface area contributed by atoms with E-state index in [1.54, 1.807) is 48.5 Å². The van der Waals surface area contributed by atoms with Crippen LogP contribution in [-0.2, 0) is 22.0 Å². The first kappa shape index (κ1) is 22.6. The van der Waals surface area contributed by atoms with E-state index in [1.165, 1.54) is 0 Å². The number of sulfonamides is 1. The number of hydrogen-bond acceptors (Lipinski definition) is 5. The van der Waals surface area contributed by atoms with Crippen molar-refractivity contribution in [2.24, 2.45) is 0 Å². The Kier molecular flexibility index (Phi) is 5.99. The molecule has 33 heavy (non-hydrogen) atoms. The molecule has 0 unspecified atom stereocenters. The molecule has 4 aromatic rings. The van der Waals surface area contributed by atoms with E-state index in [9.17, 15) is 13.2 Å². The summed E-state index contributed by atoms with van der Waals surface area (Å²) in [5.74, 6) is 0. The highest BCUT2D eigenvalue weighted by molar-refractivity contribution is 7.92. The van der Waals surface area contributed by atoms with Gasteiger partial charge in [-0.05, 0) is 40.8 Å². The molecule has 170 valence electrons. The number of fused-ring (bicyclic) bond motifs is 1. The molecule has 6 nitrogen and oxygen atoms in total. The lowest BCUT2D eigenvalue weighted by atomic mass is 9.87. The highest BCUT2D eigenvalue weighted by Crippen LogP contribution is 2.31. The Morgan fingerprint density at radius 1 is 0.818 bits per heavy atom. The van der Waals surface area contributed by atoms with Gasteiger partial charge in [0.2, 0.25) is 0 Å². The van der Waals surface area contributed by atoms with Gasteiger partial charge in [0, 0.05) is 11.9 Å². The van der Waals surface area contributed by atoms with Crippen molar-refractivity contribution in [3.63, 3.8) is 0 Å². The molecule has 0 radical (unpaired) electrons.